The second-order valence-electron chi connectivity index (χ2n) is 16.0. The van der Waals surface area contributed by atoms with Crippen molar-refractivity contribution in [1.82, 2.24) is 4.57 Å². The molecular weight excluding hydrogens is 773 g/mol. The topological polar surface area (TPSA) is 21.3 Å². The Hall–Kier alpha value is -7.92. The fraction of sp³-hybridized carbons (Fsp3) is 0. The minimum atomic E-state index is 0.904. The van der Waals surface area contributed by atoms with Crippen LogP contribution in [0, 0.1) is 0 Å². The lowest BCUT2D eigenvalue weighted by atomic mass is 9.97. The van der Waals surface area contributed by atoms with Crippen molar-refractivity contribution in [3.8, 4) is 27.9 Å². The Morgan fingerprint density at radius 3 is 1.81 bits per heavy atom. The summed E-state index contributed by atoms with van der Waals surface area (Å²) in [4.78, 5) is 2.47. The van der Waals surface area contributed by atoms with Crippen LogP contribution in [-0.2, 0) is 0 Å². The van der Waals surface area contributed by atoms with Crippen LogP contribution >= 0.6 is 11.3 Å². The van der Waals surface area contributed by atoms with Crippen molar-refractivity contribution in [3.63, 3.8) is 0 Å². The lowest BCUT2D eigenvalue weighted by Crippen LogP contribution is -2.12. The number of thiophene rings is 1. The number of anilines is 3. The molecule has 0 fully saturated rings. The number of fused-ring (bicyclic) bond motifs is 10. The predicted molar refractivity (Wildman–Crippen MR) is 264 cm³/mol. The van der Waals surface area contributed by atoms with Crippen LogP contribution in [0.5, 0.6) is 0 Å². The summed E-state index contributed by atoms with van der Waals surface area (Å²) in [6.45, 7) is 0. The molecule has 13 rings (SSSR count). The molecular formula is C58H36N2OS. The normalized spacial score (nSPS) is 11.9. The van der Waals surface area contributed by atoms with E-state index in [-0.39, 0.29) is 0 Å². The molecule has 0 aliphatic rings. The van der Waals surface area contributed by atoms with E-state index in [0.29, 0.717) is 0 Å². The van der Waals surface area contributed by atoms with Gasteiger partial charge in [-0.25, -0.2) is 0 Å². The molecule has 0 aliphatic heterocycles. The molecule has 0 N–H and O–H groups in total. The van der Waals surface area contributed by atoms with Crippen LogP contribution in [0.15, 0.2) is 223 Å². The lowest BCUT2D eigenvalue weighted by molar-refractivity contribution is 0.670. The summed E-state index contributed by atoms with van der Waals surface area (Å²) >= 11 is 1.87. The van der Waals surface area contributed by atoms with E-state index in [1.54, 1.807) is 0 Å². The molecule has 13 aromatic rings. The van der Waals surface area contributed by atoms with E-state index in [2.05, 4.69) is 216 Å². The predicted octanol–water partition coefficient (Wildman–Crippen LogP) is 17.0. The van der Waals surface area contributed by atoms with Crippen LogP contribution in [0.1, 0.15) is 0 Å². The molecule has 290 valence electrons. The van der Waals surface area contributed by atoms with E-state index in [0.717, 1.165) is 55.8 Å². The molecule has 3 aromatic heterocycles. The Morgan fingerprint density at radius 1 is 0.403 bits per heavy atom. The van der Waals surface area contributed by atoms with E-state index < -0.39 is 0 Å². The Balaban J connectivity index is 1.03. The van der Waals surface area contributed by atoms with Gasteiger partial charge in [-0.3, -0.25) is 0 Å². The Kier molecular flexibility index (Phi) is 7.78. The number of rotatable bonds is 6. The molecule has 0 spiro atoms. The maximum atomic E-state index is 6.50. The maximum Gasteiger partial charge on any atom is 0.143 e. The van der Waals surface area contributed by atoms with E-state index >= 15 is 0 Å². The first-order valence-electron chi connectivity index (χ1n) is 21.1. The monoisotopic (exact) mass is 808 g/mol. The molecule has 0 saturated carbocycles. The van der Waals surface area contributed by atoms with Gasteiger partial charge >= 0.3 is 0 Å². The zero-order chi connectivity index (χ0) is 40.7. The molecule has 0 atom stereocenters. The molecule has 3 nitrogen and oxygen atoms in total. The van der Waals surface area contributed by atoms with Crippen molar-refractivity contribution in [3.05, 3.63) is 218 Å². The summed E-state index contributed by atoms with van der Waals surface area (Å²) < 4.78 is 11.4. The van der Waals surface area contributed by atoms with E-state index in [9.17, 15) is 0 Å². The summed E-state index contributed by atoms with van der Waals surface area (Å²) in [6.07, 6.45) is 0. The first kappa shape index (κ1) is 34.9. The third-order valence-electron chi connectivity index (χ3n) is 12.6. The van der Waals surface area contributed by atoms with Crippen molar-refractivity contribution in [2.75, 3.05) is 4.90 Å². The minimum absolute atomic E-state index is 0.904. The van der Waals surface area contributed by atoms with Crippen LogP contribution in [-0.4, -0.2) is 4.57 Å². The number of hydrogen-bond donors (Lipinski definition) is 0. The third kappa shape index (κ3) is 5.30. The summed E-state index contributed by atoms with van der Waals surface area (Å²) in [5.41, 5.74) is 13.2. The van der Waals surface area contributed by atoms with Crippen LogP contribution in [0.4, 0.5) is 17.1 Å². The quantitative estimate of drug-likeness (QED) is 0.167. The highest BCUT2D eigenvalue weighted by Gasteiger charge is 2.24. The van der Waals surface area contributed by atoms with Gasteiger partial charge < -0.3 is 13.9 Å². The van der Waals surface area contributed by atoms with Gasteiger partial charge in [0.1, 0.15) is 11.2 Å². The smallest absolute Gasteiger partial charge is 0.143 e. The summed E-state index contributed by atoms with van der Waals surface area (Å²) in [6, 6.07) is 79.3. The Morgan fingerprint density at radius 2 is 1.02 bits per heavy atom. The van der Waals surface area contributed by atoms with Gasteiger partial charge in [0.05, 0.1) is 22.4 Å². The standard InChI is InChI=1S/C58H36N2OS/c1-2-15-42-37(13-1)14-11-24-50(42)60(41-31-27-38(28-32-41)43-20-12-21-48-46-18-5-9-25-54(46)61-57(43)48)53-36-35-49-47-19-6-10-26-55(47)62-58(49)56(53)39-29-33-40(34-30-39)59-51-22-7-3-16-44(51)45-17-4-8-23-52(45)59/h1-36H. The van der Waals surface area contributed by atoms with Gasteiger partial charge in [-0.15, -0.1) is 11.3 Å². The molecule has 0 radical (unpaired) electrons. The van der Waals surface area contributed by atoms with Crippen molar-refractivity contribution < 1.29 is 4.42 Å². The number of hydrogen-bond acceptors (Lipinski definition) is 3. The van der Waals surface area contributed by atoms with Gasteiger partial charge in [-0.05, 0) is 77.2 Å². The van der Waals surface area contributed by atoms with E-state index in [1.807, 2.05) is 23.5 Å². The average molecular weight is 809 g/mol. The maximum absolute atomic E-state index is 6.50. The molecule has 62 heavy (non-hydrogen) atoms. The van der Waals surface area contributed by atoms with E-state index in [4.69, 9.17) is 4.42 Å². The van der Waals surface area contributed by atoms with Crippen molar-refractivity contribution >= 4 is 103 Å². The Bertz CT molecular complexity index is 3810. The molecule has 0 bridgehead atoms. The molecule has 4 heteroatoms. The molecule has 10 aromatic carbocycles. The Labute approximate surface area is 361 Å². The SMILES string of the molecule is c1ccc2c(N(c3ccc(-c4cccc5c4oc4ccccc45)cc3)c3ccc4c(sc5ccccc54)c3-c3ccc(-n4c5ccccc5c5ccccc54)cc3)cccc2c1. The summed E-state index contributed by atoms with van der Waals surface area (Å²) in [5, 5.41) is 9.72. The zero-order valence-corrected chi connectivity index (χ0v) is 34.3. The second kappa shape index (κ2) is 13.8. The number of nitrogens with zero attached hydrogens (tertiary/aromatic N) is 2. The highest BCUT2D eigenvalue weighted by atomic mass is 32.1. The van der Waals surface area contributed by atoms with Gasteiger partial charge in [0, 0.05) is 69.6 Å². The number of aromatic nitrogens is 1. The first-order valence-corrected chi connectivity index (χ1v) is 21.9. The summed E-state index contributed by atoms with van der Waals surface area (Å²) in [5.74, 6) is 0. The lowest BCUT2D eigenvalue weighted by Gasteiger charge is -2.29. The highest BCUT2D eigenvalue weighted by molar-refractivity contribution is 7.26. The molecule has 0 unspecified atom stereocenters. The largest absolute Gasteiger partial charge is 0.455 e. The molecule has 3 heterocycles. The van der Waals surface area contributed by atoms with E-state index in [1.165, 1.54) is 63.9 Å². The van der Waals surface area contributed by atoms with Crippen LogP contribution in [0.2, 0.25) is 0 Å². The van der Waals surface area contributed by atoms with Gasteiger partial charge in [-0.1, -0.05) is 158 Å². The van der Waals surface area contributed by atoms with Crippen LogP contribution in [0.3, 0.4) is 0 Å². The van der Waals surface area contributed by atoms with Crippen molar-refractivity contribution in [1.29, 1.82) is 0 Å². The molecule has 0 saturated heterocycles. The minimum Gasteiger partial charge on any atom is -0.455 e. The van der Waals surface area contributed by atoms with Gasteiger partial charge in [0.15, 0.2) is 0 Å². The van der Waals surface area contributed by atoms with Crippen molar-refractivity contribution in [2.45, 2.75) is 0 Å². The summed E-state index contributed by atoms with van der Waals surface area (Å²) in [7, 11) is 0. The van der Waals surface area contributed by atoms with Crippen molar-refractivity contribution in [2.24, 2.45) is 0 Å². The second-order valence-corrected chi connectivity index (χ2v) is 17.1. The highest BCUT2D eigenvalue weighted by Crippen LogP contribution is 2.50. The van der Waals surface area contributed by atoms with Gasteiger partial charge in [-0.2, -0.15) is 0 Å². The average Bonchev–Trinajstić information content (AvgIpc) is 4.02. The fourth-order valence-corrected chi connectivity index (χ4v) is 11.1. The fourth-order valence-electron chi connectivity index (χ4n) is 9.80. The third-order valence-corrected chi connectivity index (χ3v) is 13.8. The zero-order valence-electron chi connectivity index (χ0n) is 33.5. The molecule has 0 amide bonds. The van der Waals surface area contributed by atoms with Crippen LogP contribution < -0.4 is 4.90 Å². The number of benzene rings is 10. The van der Waals surface area contributed by atoms with Gasteiger partial charge in [0.2, 0.25) is 0 Å². The molecule has 0 aliphatic carbocycles. The first-order chi connectivity index (χ1) is 30.8. The number of furan rings is 1. The van der Waals surface area contributed by atoms with Gasteiger partial charge in [0.25, 0.3) is 0 Å². The van der Waals surface area contributed by atoms with Crippen LogP contribution in [0.25, 0.3) is 103 Å². The number of para-hydroxylation sites is 4.